The van der Waals surface area contributed by atoms with Crippen LogP contribution in [0.15, 0.2) is 292 Å². The van der Waals surface area contributed by atoms with Crippen molar-refractivity contribution in [3.05, 3.63) is 275 Å². The van der Waals surface area contributed by atoms with Gasteiger partial charge in [0, 0.05) is 157 Å². The van der Waals surface area contributed by atoms with E-state index in [0.717, 1.165) is 108 Å². The van der Waals surface area contributed by atoms with E-state index in [0.29, 0.717) is 0 Å². The third kappa shape index (κ3) is 21.9. The predicted molar refractivity (Wildman–Crippen MR) is 510 cm³/mol. The van der Waals surface area contributed by atoms with Gasteiger partial charge in [-0.25, -0.2) is 0 Å². The molecule has 18 heteroatoms. The van der Waals surface area contributed by atoms with Crippen molar-refractivity contribution in [2.45, 2.75) is 141 Å². The third-order valence-electron chi connectivity index (χ3n) is 23.6. The number of halogens is 2. The summed E-state index contributed by atoms with van der Waals surface area (Å²) >= 11 is 22.2. The molecule has 0 unspecified atom stereocenters. The molecule has 19 rings (SSSR count). The summed E-state index contributed by atoms with van der Waals surface area (Å²) in [5.74, 6) is 0. The van der Waals surface area contributed by atoms with Crippen molar-refractivity contribution in [2.24, 2.45) is 0 Å². The molecule has 119 heavy (non-hydrogen) atoms. The summed E-state index contributed by atoms with van der Waals surface area (Å²) in [5.41, 5.74) is 18.5. The Balaban J connectivity index is 0.000000123. The van der Waals surface area contributed by atoms with E-state index in [4.69, 9.17) is 27.9 Å². The number of likely N-dealkylation sites (tertiary alicyclic amines) is 1. The molecule has 0 amide bonds. The lowest BCUT2D eigenvalue weighted by atomic mass is 10.1. The highest BCUT2D eigenvalue weighted by molar-refractivity contribution is 8.00. The molecular weight excluding hydrogens is 1600 g/mol. The smallest absolute Gasteiger partial charge is 0.0594 e. The zero-order valence-corrected chi connectivity index (χ0v) is 75.3. The highest BCUT2D eigenvalue weighted by Gasteiger charge is 2.30. The minimum Gasteiger partial charge on any atom is -0.379 e. The van der Waals surface area contributed by atoms with E-state index in [9.17, 15) is 0 Å². The van der Waals surface area contributed by atoms with Gasteiger partial charge in [0.25, 0.3) is 0 Å². The second-order valence-electron chi connectivity index (χ2n) is 32.3. The normalized spacial score (nSPS) is 16.0. The van der Waals surface area contributed by atoms with Gasteiger partial charge in [-0.3, -0.25) is 9.80 Å². The average molecular weight is 1720 g/mol. The maximum absolute atomic E-state index is 6.49. The van der Waals surface area contributed by atoms with Crippen molar-refractivity contribution in [1.29, 1.82) is 0 Å². The summed E-state index contributed by atoms with van der Waals surface area (Å²) in [5, 5.41) is 1.60. The first kappa shape index (κ1) is 85.1. The van der Waals surface area contributed by atoms with Crippen molar-refractivity contribution < 1.29 is 4.74 Å². The minimum atomic E-state index is 0.786. The number of benzene rings is 11. The van der Waals surface area contributed by atoms with E-state index in [1.54, 1.807) is 0 Å². The van der Waals surface area contributed by atoms with Crippen molar-refractivity contribution in [2.75, 3.05) is 162 Å². The van der Waals surface area contributed by atoms with Crippen LogP contribution in [0.5, 0.6) is 0 Å². The Morgan fingerprint density at radius 1 is 0.286 bits per heavy atom. The van der Waals surface area contributed by atoms with Gasteiger partial charge in [-0.05, 0) is 261 Å². The molecule has 0 atom stereocenters. The van der Waals surface area contributed by atoms with Crippen molar-refractivity contribution >= 4 is 139 Å². The molecule has 618 valence electrons. The van der Waals surface area contributed by atoms with Gasteiger partial charge in [0.2, 0.25) is 0 Å². The van der Waals surface area contributed by atoms with Crippen LogP contribution in [0.2, 0.25) is 10.0 Å². The molecule has 0 N–H and O–H groups in total. The Kier molecular flexibility index (Phi) is 30.1. The molecule has 0 aliphatic carbocycles. The van der Waals surface area contributed by atoms with Crippen LogP contribution in [-0.2, 0) is 11.3 Å². The third-order valence-corrected chi connectivity index (χ3v) is 29.7. The molecule has 11 aromatic rings. The number of rotatable bonds is 24. The van der Waals surface area contributed by atoms with E-state index in [1.807, 2.05) is 70.9 Å². The monoisotopic (exact) mass is 1710 g/mol. The number of para-hydroxylation sites is 5. The van der Waals surface area contributed by atoms with E-state index in [-0.39, 0.29) is 0 Å². The summed E-state index contributed by atoms with van der Waals surface area (Å²) in [7, 11) is 0. The fourth-order valence-corrected chi connectivity index (χ4v) is 23.3. The molecule has 0 spiro atoms. The maximum Gasteiger partial charge on any atom is 0.0594 e. The van der Waals surface area contributed by atoms with Crippen LogP contribution in [0, 0.1) is 20.8 Å². The molecule has 3 saturated heterocycles. The molecule has 3 fully saturated rings. The Bertz CT molecular complexity index is 4940. The van der Waals surface area contributed by atoms with Crippen molar-refractivity contribution in [3.8, 4) is 0 Å². The number of fused-ring (bicyclic) bond motifs is 10. The molecule has 8 aliphatic rings. The van der Waals surface area contributed by atoms with Gasteiger partial charge in [0.1, 0.15) is 0 Å². The van der Waals surface area contributed by atoms with E-state index >= 15 is 0 Å². The van der Waals surface area contributed by atoms with Gasteiger partial charge >= 0.3 is 0 Å². The lowest BCUT2D eigenvalue weighted by molar-refractivity contribution is 0.0377. The standard InChI is InChI=1S/C38H36ClN3S2.C22H28ClN3S.C21H26N2S.C20H24N2OS/c1-28-17-19-37-33(25-28)41(31-13-5-7-15-35(31)43-37)23-9-21-40(27-29-11-3-2-4-12-29)22-10-24-42-32-14-6-8-16-36(32)44-38-20-18-30(39)26-34(38)42;1-2-10-24-13-15-25(16-14-24)11-5-12-26-19-6-3-4-7-21(19)27-22-9-8-18(23)17-20(22)26;1-17-10-11-21-19(16-17)23(18-8-3-4-9-20(18)24-21)15-7-14-22-12-5-2-6-13-22;1-16-7-8-20-18(15-16)22(17-5-2-3-6-19(17)24-20)10-4-9-21-11-13-23-14-12-21/h2-8,11-20,25-26H,9-10,21-24,27H2,1H3;3-4,6-9,17H,2,5,10-16H2,1H3;3-4,8-11,16H,2,5-7,12-15H2,1H3;2-3,5-8,15H,4,9-14H2,1H3. The Labute approximate surface area is 740 Å². The summed E-state index contributed by atoms with van der Waals surface area (Å²) in [6.07, 6.45) is 11.1. The second-order valence-corrected chi connectivity index (χ2v) is 38.6. The fraction of sp³-hybridized carbons (Fsp3) is 0.347. The topological polar surface area (TPSA) is 41.6 Å². The largest absolute Gasteiger partial charge is 0.379 e. The summed E-state index contributed by atoms with van der Waals surface area (Å²) in [6.45, 7) is 33.1. The number of ether oxygens (including phenoxy) is 1. The number of piperidine rings is 1. The lowest BCUT2D eigenvalue weighted by Crippen LogP contribution is -2.47. The number of nitrogens with zero attached hydrogens (tertiary/aromatic N) is 10. The molecule has 0 bridgehead atoms. The summed E-state index contributed by atoms with van der Waals surface area (Å²) < 4.78 is 5.45. The lowest BCUT2D eigenvalue weighted by Gasteiger charge is -2.36. The number of morpholine rings is 1. The Hall–Kier alpha value is -7.49. The van der Waals surface area contributed by atoms with Gasteiger partial charge < -0.3 is 43.9 Å². The van der Waals surface area contributed by atoms with Crippen molar-refractivity contribution in [1.82, 2.24) is 24.5 Å². The summed E-state index contributed by atoms with van der Waals surface area (Å²) in [6, 6.07) is 87.8. The van der Waals surface area contributed by atoms with Crippen LogP contribution >= 0.6 is 82.0 Å². The van der Waals surface area contributed by atoms with Gasteiger partial charge in [0.05, 0.1) is 70.1 Å². The number of hydrogen-bond donors (Lipinski definition) is 0. The van der Waals surface area contributed by atoms with Crippen LogP contribution in [0.25, 0.3) is 0 Å². The molecule has 0 radical (unpaired) electrons. The van der Waals surface area contributed by atoms with Crippen LogP contribution in [0.1, 0.15) is 87.0 Å². The zero-order valence-electron chi connectivity index (χ0n) is 69.7. The first-order chi connectivity index (χ1) is 58.5. The molecular formula is C101H114Cl2N10OS5. The molecule has 0 aromatic heterocycles. The van der Waals surface area contributed by atoms with Gasteiger partial charge in [-0.2, -0.15) is 0 Å². The second kappa shape index (κ2) is 42.1. The van der Waals surface area contributed by atoms with E-state index in [2.05, 4.69) is 307 Å². The van der Waals surface area contributed by atoms with Gasteiger partial charge in [-0.15, -0.1) is 0 Å². The summed E-state index contributed by atoms with van der Waals surface area (Å²) in [4.78, 5) is 38.9. The average Bonchev–Trinajstić information content (AvgIpc) is 0.797. The number of hydrogen-bond acceptors (Lipinski definition) is 16. The van der Waals surface area contributed by atoms with Crippen LogP contribution in [0.3, 0.4) is 0 Å². The number of aryl methyl sites for hydroxylation is 3. The highest BCUT2D eigenvalue weighted by atomic mass is 35.5. The molecule has 11 aromatic carbocycles. The molecule has 8 aliphatic heterocycles. The number of anilines is 10. The molecule has 11 nitrogen and oxygen atoms in total. The Morgan fingerprint density at radius 2 is 0.580 bits per heavy atom. The molecule has 8 heterocycles. The van der Waals surface area contributed by atoms with E-state index < -0.39 is 0 Å². The first-order valence-electron chi connectivity index (χ1n) is 43.4. The highest BCUT2D eigenvalue weighted by Crippen LogP contribution is 2.54. The van der Waals surface area contributed by atoms with Crippen LogP contribution in [-0.4, -0.2) is 162 Å². The predicted octanol–water partition coefficient (Wildman–Crippen LogP) is 26.0. The molecule has 0 saturated carbocycles. The van der Waals surface area contributed by atoms with Gasteiger partial charge in [-0.1, -0.05) is 205 Å². The van der Waals surface area contributed by atoms with Crippen LogP contribution < -0.4 is 24.5 Å². The SMILES string of the molecule is CCCN1CCN(CCCN2c3ccccc3Sc3ccc(Cl)cc32)CC1.Cc1ccc2c(c1)N(CCCN(CCCN1c3ccccc3Sc3ccc(Cl)cc31)Cc1ccccc1)c1ccccc1S2.Cc1ccc2c(c1)N(CCCN1CCCCC1)c1ccccc1S2.Cc1ccc2c(c1)N(CCCN1CCOCC1)c1ccccc1S2. The zero-order chi connectivity index (χ0) is 81.2. The van der Waals surface area contributed by atoms with E-state index in [1.165, 1.54) is 232 Å². The minimum absolute atomic E-state index is 0.786. The van der Waals surface area contributed by atoms with Gasteiger partial charge in [0.15, 0.2) is 0 Å². The van der Waals surface area contributed by atoms with Crippen molar-refractivity contribution in [3.63, 3.8) is 0 Å². The fourth-order valence-electron chi connectivity index (χ4n) is 17.6. The Morgan fingerprint density at radius 3 is 0.941 bits per heavy atom. The van der Waals surface area contributed by atoms with Crippen LogP contribution in [0.4, 0.5) is 56.9 Å². The number of piperazine rings is 1. The quantitative estimate of drug-likeness (QED) is 0.0576. The first-order valence-corrected chi connectivity index (χ1v) is 48.2. The maximum atomic E-state index is 6.49.